The van der Waals surface area contributed by atoms with Crippen LogP contribution in [0.2, 0.25) is 0 Å². The van der Waals surface area contributed by atoms with Crippen molar-refractivity contribution in [1.82, 2.24) is 0 Å². The molecular formula is C15H26O2. The zero-order valence-electron chi connectivity index (χ0n) is 11.3. The highest BCUT2D eigenvalue weighted by atomic mass is 16.5. The van der Waals surface area contributed by atoms with E-state index < -0.39 is 0 Å². The lowest BCUT2D eigenvalue weighted by atomic mass is 9.45. The lowest BCUT2D eigenvalue weighted by Gasteiger charge is -2.60. The number of hydrogen-bond donors (Lipinski definition) is 0. The van der Waals surface area contributed by atoms with E-state index in [2.05, 4.69) is 20.4 Å². The van der Waals surface area contributed by atoms with Gasteiger partial charge in [0.25, 0.3) is 0 Å². The van der Waals surface area contributed by atoms with Gasteiger partial charge in [-0.2, -0.15) is 0 Å². The van der Waals surface area contributed by atoms with E-state index in [1.54, 1.807) is 0 Å². The highest BCUT2D eigenvalue weighted by Gasteiger charge is 2.53. The molecule has 2 nitrogen and oxygen atoms in total. The van der Waals surface area contributed by atoms with Gasteiger partial charge in [0.1, 0.15) is 6.61 Å². The molecule has 3 saturated carbocycles. The fourth-order valence-electron chi connectivity index (χ4n) is 3.84. The third-order valence-corrected chi connectivity index (χ3v) is 5.10. The molecule has 0 spiro atoms. The summed E-state index contributed by atoms with van der Waals surface area (Å²) in [6, 6.07) is 0. The van der Waals surface area contributed by atoms with Crippen molar-refractivity contribution >= 4 is 0 Å². The Morgan fingerprint density at radius 1 is 1.24 bits per heavy atom. The molecule has 98 valence electrons. The van der Waals surface area contributed by atoms with E-state index in [1.807, 2.05) is 0 Å². The second kappa shape index (κ2) is 5.43. The van der Waals surface area contributed by atoms with Gasteiger partial charge in [-0.25, -0.2) is 0 Å². The Labute approximate surface area is 105 Å². The first-order valence-electron chi connectivity index (χ1n) is 6.96. The van der Waals surface area contributed by atoms with E-state index in [-0.39, 0.29) is 0 Å². The monoisotopic (exact) mass is 238 g/mol. The lowest BCUT2D eigenvalue weighted by molar-refractivity contribution is -0.111. The molecule has 0 aromatic carbocycles. The van der Waals surface area contributed by atoms with Crippen LogP contribution in [0.15, 0.2) is 12.8 Å². The average molecular weight is 238 g/mol. The number of fused-ring (bicyclic) bond motifs is 2. The summed E-state index contributed by atoms with van der Waals surface area (Å²) in [6.45, 7) is 10.6. The first-order valence-corrected chi connectivity index (χ1v) is 6.96. The number of ether oxygens (including phenoxy) is 2. The third kappa shape index (κ3) is 2.67. The molecule has 0 N–H and O–H groups in total. The van der Waals surface area contributed by atoms with Gasteiger partial charge in [-0.05, 0) is 48.9 Å². The van der Waals surface area contributed by atoms with E-state index in [0.29, 0.717) is 18.6 Å². The van der Waals surface area contributed by atoms with Gasteiger partial charge in [0.15, 0.2) is 0 Å². The summed E-state index contributed by atoms with van der Waals surface area (Å²) in [5.41, 5.74) is 0.606. The van der Waals surface area contributed by atoms with E-state index in [4.69, 9.17) is 9.47 Å². The SMILES string of the molecule is C=COCCOCCC1CCC2CC1C2(C)C. The first kappa shape index (κ1) is 12.9. The predicted molar refractivity (Wildman–Crippen MR) is 69.7 cm³/mol. The van der Waals surface area contributed by atoms with E-state index in [9.17, 15) is 0 Å². The summed E-state index contributed by atoms with van der Waals surface area (Å²) in [4.78, 5) is 0. The molecule has 0 aliphatic heterocycles. The van der Waals surface area contributed by atoms with Crippen molar-refractivity contribution in [2.75, 3.05) is 19.8 Å². The summed E-state index contributed by atoms with van der Waals surface area (Å²) in [5.74, 6) is 2.86. The Balaban J connectivity index is 1.61. The molecule has 3 fully saturated rings. The van der Waals surface area contributed by atoms with Crippen LogP contribution in [0, 0.1) is 23.2 Å². The minimum absolute atomic E-state index is 0.606. The molecule has 3 unspecified atom stereocenters. The summed E-state index contributed by atoms with van der Waals surface area (Å²) in [6.07, 6.45) is 7.03. The van der Waals surface area contributed by atoms with Gasteiger partial charge in [-0.3, -0.25) is 0 Å². The second-order valence-corrected chi connectivity index (χ2v) is 6.14. The van der Waals surface area contributed by atoms with Gasteiger partial charge < -0.3 is 9.47 Å². The van der Waals surface area contributed by atoms with Crippen LogP contribution in [0.4, 0.5) is 0 Å². The molecule has 0 aromatic rings. The van der Waals surface area contributed by atoms with E-state index in [0.717, 1.165) is 24.4 Å². The molecule has 2 bridgehead atoms. The Morgan fingerprint density at radius 3 is 2.71 bits per heavy atom. The zero-order chi connectivity index (χ0) is 12.3. The van der Waals surface area contributed by atoms with E-state index >= 15 is 0 Å². The zero-order valence-corrected chi connectivity index (χ0v) is 11.3. The molecule has 17 heavy (non-hydrogen) atoms. The Kier molecular flexibility index (Phi) is 4.13. The summed E-state index contributed by atoms with van der Waals surface area (Å²) in [5, 5.41) is 0. The van der Waals surface area contributed by atoms with Crippen molar-refractivity contribution < 1.29 is 9.47 Å². The number of rotatable bonds is 7. The minimum Gasteiger partial charge on any atom is -0.499 e. The van der Waals surface area contributed by atoms with Crippen molar-refractivity contribution in [2.24, 2.45) is 23.2 Å². The topological polar surface area (TPSA) is 18.5 Å². The predicted octanol–water partition coefficient (Wildman–Crippen LogP) is 3.63. The highest BCUT2D eigenvalue weighted by molar-refractivity contribution is 5.03. The molecule has 0 saturated heterocycles. The Hall–Kier alpha value is -0.500. The second-order valence-electron chi connectivity index (χ2n) is 6.14. The van der Waals surface area contributed by atoms with Gasteiger partial charge in [0.05, 0.1) is 12.9 Å². The van der Waals surface area contributed by atoms with Crippen LogP contribution in [0.3, 0.4) is 0 Å². The summed E-state index contributed by atoms with van der Waals surface area (Å²) in [7, 11) is 0. The molecule has 0 radical (unpaired) electrons. The molecule has 3 rings (SSSR count). The smallest absolute Gasteiger partial charge is 0.111 e. The fraction of sp³-hybridized carbons (Fsp3) is 0.867. The largest absolute Gasteiger partial charge is 0.499 e. The Bertz CT molecular complexity index is 258. The maximum absolute atomic E-state index is 5.60. The van der Waals surface area contributed by atoms with Crippen LogP contribution >= 0.6 is 0 Å². The van der Waals surface area contributed by atoms with Gasteiger partial charge in [-0.1, -0.05) is 20.4 Å². The maximum Gasteiger partial charge on any atom is 0.111 e. The quantitative estimate of drug-likeness (QED) is 0.498. The standard InChI is InChI=1S/C15H26O2/c1-4-16-9-10-17-8-7-12-5-6-13-11-14(12)15(13,2)3/h4,12-14H,1,5-11H2,2-3H3. The van der Waals surface area contributed by atoms with Crippen LogP contribution in [0.1, 0.15) is 39.5 Å². The normalized spacial score (nSPS) is 33.9. The third-order valence-electron chi connectivity index (χ3n) is 5.10. The van der Waals surface area contributed by atoms with Crippen molar-refractivity contribution in [3.05, 3.63) is 12.8 Å². The highest BCUT2D eigenvalue weighted by Crippen LogP contribution is 2.61. The van der Waals surface area contributed by atoms with Crippen LogP contribution in [-0.4, -0.2) is 19.8 Å². The van der Waals surface area contributed by atoms with Crippen LogP contribution in [-0.2, 0) is 9.47 Å². The molecule has 3 atom stereocenters. The maximum atomic E-state index is 5.60. The molecule has 0 heterocycles. The molecule has 3 aliphatic carbocycles. The molecule has 0 aromatic heterocycles. The van der Waals surface area contributed by atoms with Crippen molar-refractivity contribution in [1.29, 1.82) is 0 Å². The first-order chi connectivity index (χ1) is 8.16. The van der Waals surface area contributed by atoms with Crippen molar-refractivity contribution in [2.45, 2.75) is 39.5 Å². The molecule has 0 amide bonds. The molecule has 3 aliphatic rings. The van der Waals surface area contributed by atoms with Crippen LogP contribution in [0.25, 0.3) is 0 Å². The average Bonchev–Trinajstić information content (AvgIpc) is 2.33. The summed E-state index contributed by atoms with van der Waals surface area (Å²) < 4.78 is 10.6. The van der Waals surface area contributed by atoms with Crippen molar-refractivity contribution in [3.63, 3.8) is 0 Å². The van der Waals surface area contributed by atoms with Crippen LogP contribution in [0.5, 0.6) is 0 Å². The molecular weight excluding hydrogens is 212 g/mol. The van der Waals surface area contributed by atoms with Crippen molar-refractivity contribution in [3.8, 4) is 0 Å². The Morgan fingerprint density at radius 2 is 2.06 bits per heavy atom. The number of hydrogen-bond acceptors (Lipinski definition) is 2. The van der Waals surface area contributed by atoms with Gasteiger partial charge in [0, 0.05) is 6.61 Å². The van der Waals surface area contributed by atoms with Gasteiger partial charge in [-0.15, -0.1) is 0 Å². The minimum atomic E-state index is 0.606. The summed E-state index contributed by atoms with van der Waals surface area (Å²) >= 11 is 0. The van der Waals surface area contributed by atoms with Gasteiger partial charge in [0.2, 0.25) is 0 Å². The van der Waals surface area contributed by atoms with E-state index in [1.165, 1.54) is 31.9 Å². The van der Waals surface area contributed by atoms with Crippen LogP contribution < -0.4 is 0 Å². The molecule has 2 heteroatoms. The van der Waals surface area contributed by atoms with Gasteiger partial charge >= 0.3 is 0 Å². The fourth-order valence-corrected chi connectivity index (χ4v) is 3.84. The lowest BCUT2D eigenvalue weighted by Crippen LogP contribution is -2.52.